The lowest BCUT2D eigenvalue weighted by Crippen LogP contribution is -2.58. The van der Waals surface area contributed by atoms with Crippen molar-refractivity contribution in [2.75, 3.05) is 19.8 Å². The predicted octanol–water partition coefficient (Wildman–Crippen LogP) is -0.361. The Hall–Kier alpha value is -1.44. The highest BCUT2D eigenvalue weighted by Crippen LogP contribution is 2.19. The highest BCUT2D eigenvalue weighted by atomic mass is 16.5. The Bertz CT molecular complexity index is 488. The highest BCUT2D eigenvalue weighted by Gasteiger charge is 2.38. The number of carbonyl (C=O) groups is 1. The molecule has 1 amide bonds. The molecule has 7 nitrogen and oxygen atoms in total. The lowest BCUT2D eigenvalue weighted by Gasteiger charge is -2.40. The van der Waals surface area contributed by atoms with Crippen molar-refractivity contribution in [3.05, 3.63) is 18.2 Å². The number of ether oxygens (including phenoxy) is 1. The van der Waals surface area contributed by atoms with Gasteiger partial charge in [-0.3, -0.25) is 4.79 Å². The Morgan fingerprint density at radius 3 is 2.81 bits per heavy atom. The number of nitrogens with zero attached hydrogens (tertiary/aromatic N) is 3. The topological polar surface area (TPSA) is 87.8 Å². The first-order chi connectivity index (χ1) is 9.91. The minimum Gasteiger partial charge on any atom is -0.388 e. The number of aryl methyl sites for hydroxylation is 1. The van der Waals surface area contributed by atoms with Crippen LogP contribution in [0.15, 0.2) is 12.5 Å². The summed E-state index contributed by atoms with van der Waals surface area (Å²) < 4.78 is 6.94. The second-order valence-electron chi connectivity index (χ2n) is 5.90. The molecule has 1 aliphatic rings. The Kier molecular flexibility index (Phi) is 4.97. The summed E-state index contributed by atoms with van der Waals surface area (Å²) in [7, 11) is 1.75. The highest BCUT2D eigenvalue weighted by molar-refractivity contribution is 5.92. The van der Waals surface area contributed by atoms with Gasteiger partial charge in [-0.05, 0) is 5.92 Å². The quantitative estimate of drug-likeness (QED) is 0.792. The van der Waals surface area contributed by atoms with Crippen molar-refractivity contribution in [3.8, 4) is 0 Å². The number of carbonyl (C=O) groups excluding carboxylic acids is 1. The summed E-state index contributed by atoms with van der Waals surface area (Å²) in [6, 6.07) is -0.557. The zero-order valence-electron chi connectivity index (χ0n) is 12.6. The van der Waals surface area contributed by atoms with Gasteiger partial charge >= 0.3 is 0 Å². The van der Waals surface area contributed by atoms with Gasteiger partial charge in [0, 0.05) is 13.6 Å². The second-order valence-corrected chi connectivity index (χ2v) is 5.90. The first-order valence-corrected chi connectivity index (χ1v) is 7.13. The Labute approximate surface area is 124 Å². The molecule has 2 heterocycles. The van der Waals surface area contributed by atoms with Crippen LogP contribution < -0.4 is 0 Å². The third-order valence-electron chi connectivity index (χ3n) is 3.62. The summed E-state index contributed by atoms with van der Waals surface area (Å²) >= 11 is 0. The average molecular weight is 297 g/mol. The van der Waals surface area contributed by atoms with E-state index in [2.05, 4.69) is 4.98 Å². The molecule has 0 radical (unpaired) electrons. The summed E-state index contributed by atoms with van der Waals surface area (Å²) in [6.07, 6.45) is 1.08. The Morgan fingerprint density at radius 1 is 1.52 bits per heavy atom. The van der Waals surface area contributed by atoms with Gasteiger partial charge in [0.1, 0.15) is 17.9 Å². The van der Waals surface area contributed by atoms with Crippen LogP contribution in [-0.4, -0.2) is 68.6 Å². The molecule has 21 heavy (non-hydrogen) atoms. The van der Waals surface area contributed by atoms with Crippen LogP contribution in [-0.2, 0) is 11.8 Å². The molecule has 0 spiro atoms. The van der Waals surface area contributed by atoms with Gasteiger partial charge in [0.05, 0.1) is 31.8 Å². The van der Waals surface area contributed by atoms with Crippen molar-refractivity contribution in [3.63, 3.8) is 0 Å². The molecular weight excluding hydrogens is 274 g/mol. The fourth-order valence-corrected chi connectivity index (χ4v) is 2.51. The van der Waals surface area contributed by atoms with E-state index in [-0.39, 0.29) is 25.0 Å². The van der Waals surface area contributed by atoms with Crippen molar-refractivity contribution >= 4 is 5.91 Å². The first kappa shape index (κ1) is 15.9. The molecule has 2 rings (SSSR count). The molecule has 0 saturated carbocycles. The lowest BCUT2D eigenvalue weighted by molar-refractivity contribution is -0.126. The van der Waals surface area contributed by atoms with Crippen LogP contribution >= 0.6 is 0 Å². The third kappa shape index (κ3) is 3.42. The lowest BCUT2D eigenvalue weighted by atomic mass is 10.0. The molecule has 0 aromatic carbocycles. The molecule has 0 bridgehead atoms. The van der Waals surface area contributed by atoms with Gasteiger partial charge in [-0.2, -0.15) is 0 Å². The summed E-state index contributed by atoms with van der Waals surface area (Å²) in [5.74, 6) is 0.0129. The van der Waals surface area contributed by atoms with Gasteiger partial charge in [-0.25, -0.2) is 4.98 Å². The molecule has 1 aromatic rings. The summed E-state index contributed by atoms with van der Waals surface area (Å²) in [4.78, 5) is 18.3. The maximum absolute atomic E-state index is 12.7. The van der Waals surface area contributed by atoms with E-state index < -0.39 is 18.2 Å². The largest absolute Gasteiger partial charge is 0.388 e. The van der Waals surface area contributed by atoms with Crippen LogP contribution in [0, 0.1) is 5.92 Å². The van der Waals surface area contributed by atoms with Gasteiger partial charge in [0.2, 0.25) is 0 Å². The number of imidazole rings is 1. The number of aromatic nitrogens is 2. The molecule has 1 saturated heterocycles. The van der Waals surface area contributed by atoms with E-state index in [0.29, 0.717) is 12.2 Å². The zero-order valence-corrected chi connectivity index (χ0v) is 12.6. The van der Waals surface area contributed by atoms with Gasteiger partial charge < -0.3 is 24.4 Å². The minimum absolute atomic E-state index is 0.0904. The van der Waals surface area contributed by atoms with Crippen LogP contribution in [0.1, 0.15) is 24.3 Å². The van der Waals surface area contributed by atoms with Crippen LogP contribution in [0.2, 0.25) is 0 Å². The van der Waals surface area contributed by atoms with Crippen LogP contribution in [0.25, 0.3) is 0 Å². The number of aliphatic hydroxyl groups excluding tert-OH is 2. The van der Waals surface area contributed by atoms with E-state index in [9.17, 15) is 15.0 Å². The molecule has 1 aliphatic heterocycles. The number of amides is 1. The van der Waals surface area contributed by atoms with E-state index in [1.54, 1.807) is 22.8 Å². The monoisotopic (exact) mass is 297 g/mol. The van der Waals surface area contributed by atoms with Crippen LogP contribution in [0.5, 0.6) is 0 Å². The number of rotatable bonds is 4. The Balaban J connectivity index is 2.25. The fourth-order valence-electron chi connectivity index (χ4n) is 2.51. The van der Waals surface area contributed by atoms with Crippen molar-refractivity contribution < 1.29 is 19.7 Å². The normalized spacial score (nSPS) is 26.1. The SMILES string of the molecule is CC(C)CN(C(=O)c1cncn1C)[C@@H]1COC[C@@H](O)[C@H]1O. The van der Waals surface area contributed by atoms with Crippen molar-refractivity contribution in [2.45, 2.75) is 32.1 Å². The third-order valence-corrected chi connectivity index (χ3v) is 3.62. The molecule has 118 valence electrons. The van der Waals surface area contributed by atoms with Crippen molar-refractivity contribution in [2.24, 2.45) is 13.0 Å². The zero-order chi connectivity index (χ0) is 15.6. The summed E-state index contributed by atoms with van der Waals surface area (Å²) in [5.41, 5.74) is 0.447. The smallest absolute Gasteiger partial charge is 0.272 e. The number of hydrogen-bond acceptors (Lipinski definition) is 5. The van der Waals surface area contributed by atoms with Crippen molar-refractivity contribution in [1.29, 1.82) is 0 Å². The first-order valence-electron chi connectivity index (χ1n) is 7.13. The van der Waals surface area contributed by atoms with Crippen molar-refractivity contribution in [1.82, 2.24) is 14.5 Å². The standard InChI is InChI=1S/C14H23N3O4/c1-9(2)5-17(11-6-21-7-12(18)13(11)19)14(20)10-4-15-8-16(10)3/h4,8-9,11-13,18-19H,5-7H2,1-3H3/t11-,12-,13+/m1/s1. The minimum atomic E-state index is -1.00. The summed E-state index contributed by atoms with van der Waals surface area (Å²) in [5, 5.41) is 20.0. The number of aliphatic hydroxyl groups is 2. The van der Waals surface area contributed by atoms with E-state index in [1.165, 1.54) is 6.20 Å². The van der Waals surface area contributed by atoms with Crippen LogP contribution in [0.3, 0.4) is 0 Å². The van der Waals surface area contributed by atoms with E-state index in [0.717, 1.165) is 0 Å². The molecule has 2 N–H and O–H groups in total. The van der Waals surface area contributed by atoms with Crippen LogP contribution in [0.4, 0.5) is 0 Å². The van der Waals surface area contributed by atoms with E-state index in [4.69, 9.17) is 4.74 Å². The molecule has 0 aliphatic carbocycles. The summed E-state index contributed by atoms with van der Waals surface area (Å²) in [6.45, 7) is 4.77. The Morgan fingerprint density at radius 2 is 2.24 bits per heavy atom. The maximum Gasteiger partial charge on any atom is 0.272 e. The molecule has 7 heteroatoms. The van der Waals surface area contributed by atoms with E-state index >= 15 is 0 Å². The molecule has 1 aromatic heterocycles. The van der Waals surface area contributed by atoms with Gasteiger partial charge in [0.15, 0.2) is 0 Å². The van der Waals surface area contributed by atoms with Gasteiger partial charge in [-0.1, -0.05) is 13.8 Å². The number of hydrogen-bond donors (Lipinski definition) is 2. The maximum atomic E-state index is 12.7. The van der Waals surface area contributed by atoms with E-state index in [1.807, 2.05) is 13.8 Å². The fraction of sp³-hybridized carbons (Fsp3) is 0.714. The predicted molar refractivity (Wildman–Crippen MR) is 75.7 cm³/mol. The van der Waals surface area contributed by atoms with Gasteiger partial charge in [-0.15, -0.1) is 0 Å². The average Bonchev–Trinajstić information content (AvgIpc) is 2.85. The molecule has 3 atom stereocenters. The second kappa shape index (κ2) is 6.55. The molecule has 0 unspecified atom stereocenters. The molecule has 1 fully saturated rings. The molecular formula is C14H23N3O4. The van der Waals surface area contributed by atoms with Gasteiger partial charge in [0.25, 0.3) is 5.91 Å².